The van der Waals surface area contributed by atoms with Crippen molar-refractivity contribution in [2.24, 2.45) is 4.99 Å². The summed E-state index contributed by atoms with van der Waals surface area (Å²) < 4.78 is 0. The number of rotatable bonds is 7. The van der Waals surface area contributed by atoms with Crippen molar-refractivity contribution in [3.63, 3.8) is 0 Å². The summed E-state index contributed by atoms with van der Waals surface area (Å²) in [6.07, 6.45) is 2.37. The zero-order valence-electron chi connectivity index (χ0n) is 14.5. The van der Waals surface area contributed by atoms with Crippen LogP contribution in [0.15, 0.2) is 29.3 Å². The summed E-state index contributed by atoms with van der Waals surface area (Å²) in [6.45, 7) is 9.22. The molecule has 5 heteroatoms. The van der Waals surface area contributed by atoms with Crippen LogP contribution in [-0.2, 0) is 6.54 Å². The smallest absolute Gasteiger partial charge is 0.191 e. The molecule has 23 heavy (non-hydrogen) atoms. The Morgan fingerprint density at radius 1 is 1.13 bits per heavy atom. The molecule has 0 aliphatic carbocycles. The standard InChI is InChI=1S/C18H30N4S/c1-3-5-10-20-18(19-4-2)21-15-16-6-8-17(9-7-16)22-11-13-23-14-12-22/h6-9H,3-5,10-15H2,1-2H3,(H2,19,20,21). The van der Waals surface area contributed by atoms with Gasteiger partial charge in [-0.05, 0) is 31.0 Å². The molecule has 1 aromatic rings. The van der Waals surface area contributed by atoms with Crippen LogP contribution in [-0.4, -0.2) is 43.6 Å². The van der Waals surface area contributed by atoms with Crippen molar-refractivity contribution in [2.75, 3.05) is 42.6 Å². The first-order valence-electron chi connectivity index (χ1n) is 8.77. The van der Waals surface area contributed by atoms with Crippen molar-refractivity contribution in [1.29, 1.82) is 0 Å². The van der Waals surface area contributed by atoms with Gasteiger partial charge in [0, 0.05) is 43.4 Å². The Hall–Kier alpha value is -1.36. The van der Waals surface area contributed by atoms with E-state index in [1.54, 1.807) is 0 Å². The van der Waals surface area contributed by atoms with Gasteiger partial charge >= 0.3 is 0 Å². The molecule has 1 saturated heterocycles. The monoisotopic (exact) mass is 334 g/mol. The molecule has 0 radical (unpaired) electrons. The van der Waals surface area contributed by atoms with Crippen molar-refractivity contribution in [3.8, 4) is 0 Å². The largest absolute Gasteiger partial charge is 0.370 e. The molecule has 0 atom stereocenters. The van der Waals surface area contributed by atoms with Gasteiger partial charge in [-0.25, -0.2) is 4.99 Å². The normalized spacial score (nSPS) is 15.6. The number of nitrogens with zero attached hydrogens (tertiary/aromatic N) is 2. The molecule has 1 aliphatic rings. The van der Waals surface area contributed by atoms with E-state index < -0.39 is 0 Å². The number of nitrogens with one attached hydrogen (secondary N) is 2. The molecule has 0 spiro atoms. The van der Waals surface area contributed by atoms with E-state index in [1.807, 2.05) is 11.8 Å². The molecule has 128 valence electrons. The third-order valence-electron chi connectivity index (χ3n) is 3.90. The fourth-order valence-electron chi connectivity index (χ4n) is 2.53. The molecule has 1 aromatic carbocycles. The Morgan fingerprint density at radius 3 is 2.52 bits per heavy atom. The minimum absolute atomic E-state index is 0.720. The molecular weight excluding hydrogens is 304 g/mol. The molecule has 0 amide bonds. The molecule has 0 saturated carbocycles. The van der Waals surface area contributed by atoms with Crippen molar-refractivity contribution in [3.05, 3.63) is 29.8 Å². The van der Waals surface area contributed by atoms with Gasteiger partial charge in [0.2, 0.25) is 0 Å². The Kier molecular flexibility index (Phi) is 8.15. The first-order valence-corrected chi connectivity index (χ1v) is 9.92. The van der Waals surface area contributed by atoms with Gasteiger partial charge in [0.25, 0.3) is 0 Å². The second-order valence-electron chi connectivity index (χ2n) is 5.74. The molecule has 2 rings (SSSR count). The summed E-state index contributed by atoms with van der Waals surface area (Å²) in [5, 5.41) is 6.69. The second kappa shape index (κ2) is 10.4. The van der Waals surface area contributed by atoms with Crippen LogP contribution in [0.25, 0.3) is 0 Å². The van der Waals surface area contributed by atoms with Gasteiger partial charge in [-0.3, -0.25) is 0 Å². The van der Waals surface area contributed by atoms with Crippen molar-refractivity contribution in [2.45, 2.75) is 33.2 Å². The fourth-order valence-corrected chi connectivity index (χ4v) is 3.43. The van der Waals surface area contributed by atoms with E-state index in [0.29, 0.717) is 0 Å². The van der Waals surface area contributed by atoms with Crippen LogP contribution in [0.3, 0.4) is 0 Å². The summed E-state index contributed by atoms with van der Waals surface area (Å²) in [4.78, 5) is 7.15. The SMILES string of the molecule is CCCCNC(=NCc1ccc(N2CCSCC2)cc1)NCC. The van der Waals surface area contributed by atoms with Crippen LogP contribution in [0.1, 0.15) is 32.3 Å². The number of anilines is 1. The van der Waals surface area contributed by atoms with Gasteiger partial charge < -0.3 is 15.5 Å². The van der Waals surface area contributed by atoms with E-state index in [1.165, 1.54) is 35.6 Å². The maximum atomic E-state index is 4.68. The average molecular weight is 335 g/mol. The molecule has 0 aromatic heterocycles. The zero-order valence-corrected chi connectivity index (χ0v) is 15.3. The summed E-state index contributed by atoms with van der Waals surface area (Å²) in [5.74, 6) is 3.39. The van der Waals surface area contributed by atoms with E-state index in [9.17, 15) is 0 Å². The minimum atomic E-state index is 0.720. The van der Waals surface area contributed by atoms with Gasteiger partial charge in [0.1, 0.15) is 0 Å². The number of guanidine groups is 1. The summed E-state index contributed by atoms with van der Waals surface area (Å²) in [7, 11) is 0. The number of unbranched alkanes of at least 4 members (excludes halogenated alkanes) is 1. The predicted octanol–water partition coefficient (Wildman–Crippen LogP) is 3.10. The van der Waals surface area contributed by atoms with Gasteiger partial charge in [-0.1, -0.05) is 25.5 Å². The van der Waals surface area contributed by atoms with Crippen LogP contribution in [0.5, 0.6) is 0 Å². The lowest BCUT2D eigenvalue weighted by atomic mass is 10.2. The Bertz CT molecular complexity index is 466. The highest BCUT2D eigenvalue weighted by molar-refractivity contribution is 7.99. The van der Waals surface area contributed by atoms with Gasteiger partial charge in [0.05, 0.1) is 6.54 Å². The number of hydrogen-bond donors (Lipinski definition) is 2. The Labute approximate surface area is 145 Å². The van der Waals surface area contributed by atoms with Gasteiger partial charge in [-0.15, -0.1) is 0 Å². The van der Waals surface area contributed by atoms with Crippen LogP contribution in [0.4, 0.5) is 5.69 Å². The van der Waals surface area contributed by atoms with Crippen LogP contribution in [0.2, 0.25) is 0 Å². The zero-order chi connectivity index (χ0) is 16.3. The first kappa shape index (κ1) is 18.0. The highest BCUT2D eigenvalue weighted by Crippen LogP contribution is 2.20. The molecular formula is C18H30N4S. The average Bonchev–Trinajstić information content (AvgIpc) is 2.61. The molecule has 2 N–H and O–H groups in total. The number of thioether (sulfide) groups is 1. The van der Waals surface area contributed by atoms with E-state index in [0.717, 1.165) is 38.7 Å². The summed E-state index contributed by atoms with van der Waals surface area (Å²) in [5.41, 5.74) is 2.60. The second-order valence-corrected chi connectivity index (χ2v) is 6.97. The van der Waals surface area contributed by atoms with Crippen LogP contribution >= 0.6 is 11.8 Å². The van der Waals surface area contributed by atoms with E-state index >= 15 is 0 Å². The van der Waals surface area contributed by atoms with Crippen molar-refractivity contribution < 1.29 is 0 Å². The molecule has 1 heterocycles. The first-order chi connectivity index (χ1) is 11.3. The van der Waals surface area contributed by atoms with E-state index in [4.69, 9.17) is 0 Å². The predicted molar refractivity (Wildman–Crippen MR) is 104 cm³/mol. The maximum Gasteiger partial charge on any atom is 0.191 e. The summed E-state index contributed by atoms with van der Waals surface area (Å²) in [6, 6.07) is 8.88. The Morgan fingerprint density at radius 2 is 1.87 bits per heavy atom. The minimum Gasteiger partial charge on any atom is -0.370 e. The molecule has 1 fully saturated rings. The highest BCUT2D eigenvalue weighted by Gasteiger charge is 2.10. The van der Waals surface area contributed by atoms with Crippen molar-refractivity contribution in [1.82, 2.24) is 10.6 Å². The quantitative estimate of drug-likeness (QED) is 0.457. The molecule has 4 nitrogen and oxygen atoms in total. The fraction of sp³-hybridized carbons (Fsp3) is 0.611. The van der Waals surface area contributed by atoms with E-state index in [-0.39, 0.29) is 0 Å². The lowest BCUT2D eigenvalue weighted by Crippen LogP contribution is -2.37. The molecule has 0 unspecified atom stereocenters. The molecule has 1 aliphatic heterocycles. The number of hydrogen-bond acceptors (Lipinski definition) is 3. The maximum absolute atomic E-state index is 4.68. The number of aliphatic imine (C=N–C) groups is 1. The van der Waals surface area contributed by atoms with Crippen LogP contribution < -0.4 is 15.5 Å². The third kappa shape index (κ3) is 6.34. The lowest BCUT2D eigenvalue weighted by Gasteiger charge is -2.28. The topological polar surface area (TPSA) is 39.7 Å². The molecule has 0 bridgehead atoms. The van der Waals surface area contributed by atoms with Crippen LogP contribution in [0, 0.1) is 0 Å². The lowest BCUT2D eigenvalue weighted by molar-refractivity contribution is 0.730. The van der Waals surface area contributed by atoms with Gasteiger partial charge in [0.15, 0.2) is 5.96 Å². The Balaban J connectivity index is 1.88. The van der Waals surface area contributed by atoms with Gasteiger partial charge in [-0.2, -0.15) is 11.8 Å². The summed E-state index contributed by atoms with van der Waals surface area (Å²) >= 11 is 2.05. The highest BCUT2D eigenvalue weighted by atomic mass is 32.2. The number of benzene rings is 1. The van der Waals surface area contributed by atoms with Crippen molar-refractivity contribution >= 4 is 23.4 Å². The van der Waals surface area contributed by atoms with E-state index in [2.05, 4.69) is 58.6 Å². The third-order valence-corrected chi connectivity index (χ3v) is 4.84.